The molecule has 0 radical (unpaired) electrons. The molecule has 0 heteroatoms. The molecule has 0 unspecified atom stereocenters. The van der Waals surface area contributed by atoms with Crippen LogP contribution in [0.4, 0.5) is 0 Å². The molecular weight excluding hydrogens is 312 g/mol. The quantitative estimate of drug-likeness (QED) is 0.280. The van der Waals surface area contributed by atoms with Crippen LogP contribution in [-0.4, -0.2) is 0 Å². The zero-order chi connectivity index (χ0) is 17.7. The van der Waals surface area contributed by atoms with Gasteiger partial charge in [-0.25, -0.2) is 0 Å². The number of aryl methyl sites for hydroxylation is 2. The van der Waals surface area contributed by atoms with Gasteiger partial charge in [-0.2, -0.15) is 0 Å². The smallest absolute Gasteiger partial charge is 0.00927 e. The number of fused-ring (bicyclic) bond motifs is 6. The van der Waals surface area contributed by atoms with E-state index in [4.69, 9.17) is 0 Å². The molecule has 0 aliphatic heterocycles. The van der Waals surface area contributed by atoms with Crippen LogP contribution in [0.25, 0.3) is 43.4 Å². The van der Waals surface area contributed by atoms with Crippen molar-refractivity contribution < 1.29 is 0 Å². The maximum Gasteiger partial charge on any atom is -0.00927 e. The number of benzene rings is 5. The highest BCUT2D eigenvalue weighted by atomic mass is 14.1. The van der Waals surface area contributed by atoms with Crippen LogP contribution in [0.3, 0.4) is 0 Å². The summed E-state index contributed by atoms with van der Waals surface area (Å²) in [4.78, 5) is 0. The molecule has 5 aromatic carbocycles. The van der Waals surface area contributed by atoms with E-state index in [1.807, 2.05) is 0 Å². The second-order valence-corrected chi connectivity index (χ2v) is 7.22. The lowest BCUT2D eigenvalue weighted by Gasteiger charge is -2.12. The molecule has 0 fully saturated rings. The molecule has 0 atom stereocenters. The minimum atomic E-state index is 1.27. The molecule has 0 N–H and O–H groups in total. The lowest BCUT2D eigenvalue weighted by atomic mass is 9.91. The molecule has 0 aliphatic carbocycles. The van der Waals surface area contributed by atoms with E-state index in [9.17, 15) is 0 Å². The fraction of sp³-hybridized carbons (Fsp3) is 0.0769. The predicted molar refractivity (Wildman–Crippen MR) is 114 cm³/mol. The van der Waals surface area contributed by atoms with Gasteiger partial charge in [0.15, 0.2) is 0 Å². The molecule has 0 spiro atoms. The second-order valence-electron chi connectivity index (χ2n) is 7.22. The first-order chi connectivity index (χ1) is 12.7. The Morgan fingerprint density at radius 2 is 0.885 bits per heavy atom. The van der Waals surface area contributed by atoms with Gasteiger partial charge < -0.3 is 0 Å². The monoisotopic (exact) mass is 332 g/mol. The number of hydrogen-bond donors (Lipinski definition) is 0. The van der Waals surface area contributed by atoms with Gasteiger partial charge in [0, 0.05) is 0 Å². The van der Waals surface area contributed by atoms with Crippen molar-refractivity contribution in [1.29, 1.82) is 0 Å². The van der Waals surface area contributed by atoms with Gasteiger partial charge in [-0.1, -0.05) is 90.0 Å². The first kappa shape index (κ1) is 15.2. The SMILES string of the molecule is Cc1ccc(-c2ccc3c4ccccc4c4ccc(C)cc4c3c2)cc1. The summed E-state index contributed by atoms with van der Waals surface area (Å²) in [6.45, 7) is 4.30. The zero-order valence-corrected chi connectivity index (χ0v) is 15.1. The summed E-state index contributed by atoms with van der Waals surface area (Å²) in [5.41, 5.74) is 5.14. The molecule has 0 aromatic heterocycles. The van der Waals surface area contributed by atoms with Crippen molar-refractivity contribution in [3.63, 3.8) is 0 Å². The van der Waals surface area contributed by atoms with Crippen molar-refractivity contribution >= 4 is 32.3 Å². The van der Waals surface area contributed by atoms with Gasteiger partial charge in [-0.15, -0.1) is 0 Å². The van der Waals surface area contributed by atoms with Gasteiger partial charge >= 0.3 is 0 Å². The molecule has 0 nitrogen and oxygen atoms in total. The zero-order valence-electron chi connectivity index (χ0n) is 15.1. The molecule has 0 bridgehead atoms. The van der Waals surface area contributed by atoms with E-state index in [1.165, 1.54) is 54.6 Å². The molecule has 0 heterocycles. The lowest BCUT2D eigenvalue weighted by Crippen LogP contribution is -1.86. The van der Waals surface area contributed by atoms with Gasteiger partial charge in [0.25, 0.3) is 0 Å². The summed E-state index contributed by atoms with van der Waals surface area (Å²) in [5, 5.41) is 8.00. The Bertz CT molecular complexity index is 1270. The fourth-order valence-corrected chi connectivity index (χ4v) is 4.00. The largest absolute Gasteiger partial charge is 0.0616 e. The highest BCUT2D eigenvalue weighted by Gasteiger charge is 2.09. The van der Waals surface area contributed by atoms with Crippen LogP contribution in [0, 0.1) is 13.8 Å². The van der Waals surface area contributed by atoms with Gasteiger partial charge in [0.1, 0.15) is 0 Å². The molecule has 0 saturated carbocycles. The van der Waals surface area contributed by atoms with Crippen LogP contribution in [0.15, 0.2) is 84.9 Å². The summed E-state index contributed by atoms with van der Waals surface area (Å²) in [6.07, 6.45) is 0. The summed E-state index contributed by atoms with van der Waals surface area (Å²) >= 11 is 0. The highest BCUT2D eigenvalue weighted by Crippen LogP contribution is 2.37. The van der Waals surface area contributed by atoms with Gasteiger partial charge in [-0.05, 0) is 63.4 Å². The second kappa shape index (κ2) is 5.71. The Morgan fingerprint density at radius 3 is 1.58 bits per heavy atom. The standard InChI is InChI=1S/C26H20/c1-17-7-10-19(11-8-17)20-12-14-24-22-6-4-3-5-21(22)23-13-9-18(2)15-25(23)26(24)16-20/h3-16H,1-2H3. The third-order valence-electron chi connectivity index (χ3n) is 5.38. The summed E-state index contributed by atoms with van der Waals surface area (Å²) in [6, 6.07) is 31.2. The Balaban J connectivity index is 1.93. The molecular formula is C26H20. The van der Waals surface area contributed by atoms with Gasteiger partial charge in [0.05, 0.1) is 0 Å². The fourth-order valence-electron chi connectivity index (χ4n) is 4.00. The van der Waals surface area contributed by atoms with Crippen LogP contribution in [0.2, 0.25) is 0 Å². The molecule has 124 valence electrons. The normalized spacial score (nSPS) is 11.5. The molecule has 26 heavy (non-hydrogen) atoms. The van der Waals surface area contributed by atoms with E-state index in [2.05, 4.69) is 98.8 Å². The average molecular weight is 332 g/mol. The van der Waals surface area contributed by atoms with Gasteiger partial charge in [0.2, 0.25) is 0 Å². The van der Waals surface area contributed by atoms with Crippen LogP contribution in [0.5, 0.6) is 0 Å². The molecule has 0 saturated heterocycles. The van der Waals surface area contributed by atoms with E-state index in [-0.39, 0.29) is 0 Å². The minimum absolute atomic E-state index is 1.27. The van der Waals surface area contributed by atoms with E-state index < -0.39 is 0 Å². The minimum Gasteiger partial charge on any atom is -0.0616 e. The van der Waals surface area contributed by atoms with Crippen molar-refractivity contribution in [2.75, 3.05) is 0 Å². The van der Waals surface area contributed by atoms with E-state index in [0.29, 0.717) is 0 Å². The molecule has 5 rings (SSSR count). The van der Waals surface area contributed by atoms with Crippen molar-refractivity contribution in [3.05, 3.63) is 96.1 Å². The van der Waals surface area contributed by atoms with Crippen molar-refractivity contribution in [1.82, 2.24) is 0 Å². The molecule has 0 amide bonds. The molecule has 5 aromatic rings. The number of hydrogen-bond acceptors (Lipinski definition) is 0. The van der Waals surface area contributed by atoms with Crippen molar-refractivity contribution in [3.8, 4) is 11.1 Å². The first-order valence-corrected chi connectivity index (χ1v) is 9.12. The number of rotatable bonds is 1. The third kappa shape index (κ3) is 2.30. The predicted octanol–water partition coefficient (Wildman–Crippen LogP) is 7.43. The van der Waals surface area contributed by atoms with E-state index >= 15 is 0 Å². The lowest BCUT2D eigenvalue weighted by molar-refractivity contribution is 1.47. The topological polar surface area (TPSA) is 0 Å². The van der Waals surface area contributed by atoms with E-state index in [1.54, 1.807) is 0 Å². The first-order valence-electron chi connectivity index (χ1n) is 9.12. The van der Waals surface area contributed by atoms with Gasteiger partial charge in [-0.3, -0.25) is 0 Å². The highest BCUT2D eigenvalue weighted by molar-refractivity contribution is 6.25. The Morgan fingerprint density at radius 1 is 0.385 bits per heavy atom. The Labute approximate surface area is 153 Å². The molecule has 0 aliphatic rings. The van der Waals surface area contributed by atoms with Crippen molar-refractivity contribution in [2.24, 2.45) is 0 Å². The van der Waals surface area contributed by atoms with Crippen molar-refractivity contribution in [2.45, 2.75) is 13.8 Å². The Kier molecular flexibility index (Phi) is 3.33. The third-order valence-corrected chi connectivity index (χ3v) is 5.38. The summed E-state index contributed by atoms with van der Waals surface area (Å²) in [7, 11) is 0. The maximum atomic E-state index is 2.36. The summed E-state index contributed by atoms with van der Waals surface area (Å²) in [5.74, 6) is 0. The van der Waals surface area contributed by atoms with Crippen LogP contribution < -0.4 is 0 Å². The Hall–Kier alpha value is -3.12. The maximum absolute atomic E-state index is 2.36. The van der Waals surface area contributed by atoms with Crippen LogP contribution >= 0.6 is 0 Å². The average Bonchev–Trinajstić information content (AvgIpc) is 2.68. The van der Waals surface area contributed by atoms with Crippen LogP contribution in [-0.2, 0) is 0 Å². The van der Waals surface area contributed by atoms with Crippen LogP contribution in [0.1, 0.15) is 11.1 Å². The summed E-state index contributed by atoms with van der Waals surface area (Å²) < 4.78 is 0. The van der Waals surface area contributed by atoms with E-state index in [0.717, 1.165) is 0 Å².